The molecule has 0 bridgehead atoms. The minimum atomic E-state index is -0.219. The molecule has 0 aliphatic carbocycles. The van der Waals surface area contributed by atoms with Gasteiger partial charge >= 0.3 is 0 Å². The van der Waals surface area contributed by atoms with Gasteiger partial charge in [-0.05, 0) is 61.3 Å². The maximum Gasteiger partial charge on any atom is 0.280 e. The Hall–Kier alpha value is -3.06. The van der Waals surface area contributed by atoms with Crippen LogP contribution in [-0.2, 0) is 18.5 Å². The molecule has 1 aromatic heterocycles. The molecule has 1 spiro atoms. The van der Waals surface area contributed by atoms with E-state index in [9.17, 15) is 9.18 Å². The molecule has 7 heteroatoms. The van der Waals surface area contributed by atoms with Gasteiger partial charge in [0.15, 0.2) is 5.69 Å². The Bertz CT molecular complexity index is 1130. The number of fused-ring (bicyclic) bond motifs is 2. The fraction of sp³-hybridized carbons (Fsp3) is 0.348. The average Bonchev–Trinajstić information content (AvgIpc) is 3.35. The summed E-state index contributed by atoms with van der Waals surface area (Å²) in [6, 6.07) is 14.0. The topological polar surface area (TPSA) is 60.3 Å². The van der Waals surface area contributed by atoms with Crippen LogP contribution in [0.3, 0.4) is 0 Å². The number of aromatic nitrogens is 3. The predicted molar refractivity (Wildman–Crippen MR) is 111 cm³/mol. The van der Waals surface area contributed by atoms with Gasteiger partial charge in [-0.2, -0.15) is 0 Å². The van der Waals surface area contributed by atoms with Crippen molar-refractivity contribution >= 4 is 0 Å². The van der Waals surface area contributed by atoms with Gasteiger partial charge < -0.3 is 4.74 Å². The van der Waals surface area contributed by atoms with Gasteiger partial charge in [-0.15, -0.1) is 10.2 Å². The summed E-state index contributed by atoms with van der Waals surface area (Å²) in [6.07, 6.45) is 1.84. The van der Waals surface area contributed by atoms with Crippen LogP contribution in [0.5, 0.6) is 5.75 Å². The Balaban J connectivity index is 1.40. The van der Waals surface area contributed by atoms with Crippen molar-refractivity contribution in [3.8, 4) is 17.0 Å². The summed E-state index contributed by atoms with van der Waals surface area (Å²) < 4.78 is 20.2. The molecule has 0 N–H and O–H groups in total. The fourth-order valence-corrected chi connectivity index (χ4v) is 4.71. The summed E-state index contributed by atoms with van der Waals surface area (Å²) in [7, 11) is 1.61. The number of nitrogens with zero attached hydrogens (tertiary/aromatic N) is 4. The van der Waals surface area contributed by atoms with Crippen LogP contribution < -0.4 is 10.3 Å². The highest BCUT2D eigenvalue weighted by atomic mass is 19.1. The van der Waals surface area contributed by atoms with Crippen molar-refractivity contribution in [2.24, 2.45) is 0 Å². The SMILES string of the molecule is COc1ccc(-c2nnc3n(c2=O)CC[C@@]32CCN(Cc3ccc(F)cc3)C2)cc1. The van der Waals surface area contributed by atoms with Crippen molar-refractivity contribution in [1.29, 1.82) is 0 Å². The Labute approximate surface area is 173 Å². The number of likely N-dealkylation sites (tertiary alicyclic amines) is 1. The first-order chi connectivity index (χ1) is 14.6. The van der Waals surface area contributed by atoms with Crippen LogP contribution in [0.25, 0.3) is 11.3 Å². The molecule has 5 rings (SSSR count). The van der Waals surface area contributed by atoms with Crippen LogP contribution in [0.4, 0.5) is 4.39 Å². The highest BCUT2D eigenvalue weighted by molar-refractivity contribution is 5.58. The van der Waals surface area contributed by atoms with E-state index in [0.29, 0.717) is 12.2 Å². The van der Waals surface area contributed by atoms with Crippen molar-refractivity contribution in [2.75, 3.05) is 20.2 Å². The number of hydrogen-bond donors (Lipinski definition) is 0. The Morgan fingerprint density at radius 1 is 1.03 bits per heavy atom. The van der Waals surface area contributed by atoms with Crippen LogP contribution >= 0.6 is 0 Å². The van der Waals surface area contributed by atoms with E-state index in [1.54, 1.807) is 11.7 Å². The minimum Gasteiger partial charge on any atom is -0.497 e. The molecule has 1 fully saturated rings. The maximum atomic E-state index is 13.2. The van der Waals surface area contributed by atoms with E-state index in [1.165, 1.54) is 12.1 Å². The lowest BCUT2D eigenvalue weighted by atomic mass is 9.85. The van der Waals surface area contributed by atoms with Gasteiger partial charge in [0.05, 0.1) is 7.11 Å². The van der Waals surface area contributed by atoms with Gasteiger partial charge in [0.2, 0.25) is 0 Å². The molecule has 30 heavy (non-hydrogen) atoms. The largest absolute Gasteiger partial charge is 0.497 e. The summed E-state index contributed by atoms with van der Waals surface area (Å²) in [5, 5.41) is 8.86. The molecule has 3 aromatic rings. The van der Waals surface area contributed by atoms with E-state index in [-0.39, 0.29) is 16.8 Å². The molecule has 6 nitrogen and oxygen atoms in total. The molecule has 0 radical (unpaired) electrons. The Morgan fingerprint density at radius 2 is 1.77 bits per heavy atom. The molecule has 3 heterocycles. The Morgan fingerprint density at radius 3 is 2.50 bits per heavy atom. The van der Waals surface area contributed by atoms with Crippen molar-refractivity contribution in [2.45, 2.75) is 31.3 Å². The van der Waals surface area contributed by atoms with Gasteiger partial charge in [0, 0.05) is 30.6 Å². The van der Waals surface area contributed by atoms with Crippen LogP contribution in [0.2, 0.25) is 0 Å². The highest BCUT2D eigenvalue weighted by Gasteiger charge is 2.46. The van der Waals surface area contributed by atoms with Crippen molar-refractivity contribution in [1.82, 2.24) is 19.7 Å². The first-order valence-electron chi connectivity index (χ1n) is 10.2. The zero-order valence-electron chi connectivity index (χ0n) is 16.8. The molecule has 0 saturated carbocycles. The molecule has 1 atom stereocenters. The number of methoxy groups -OCH3 is 1. The second-order valence-electron chi connectivity index (χ2n) is 8.17. The van der Waals surface area contributed by atoms with E-state index in [2.05, 4.69) is 15.1 Å². The second-order valence-corrected chi connectivity index (χ2v) is 8.17. The molecule has 0 amide bonds. The lowest BCUT2D eigenvalue weighted by Crippen LogP contribution is -2.33. The molecular formula is C23H23FN4O2. The van der Waals surface area contributed by atoms with Gasteiger partial charge in [-0.25, -0.2) is 4.39 Å². The highest BCUT2D eigenvalue weighted by Crippen LogP contribution is 2.41. The van der Waals surface area contributed by atoms with Gasteiger partial charge in [-0.1, -0.05) is 12.1 Å². The zero-order chi connectivity index (χ0) is 20.7. The smallest absolute Gasteiger partial charge is 0.280 e. The first kappa shape index (κ1) is 18.9. The summed E-state index contributed by atoms with van der Waals surface area (Å²) in [5.41, 5.74) is 1.99. The average molecular weight is 406 g/mol. The third-order valence-corrected chi connectivity index (χ3v) is 6.35. The van der Waals surface area contributed by atoms with E-state index in [1.807, 2.05) is 36.4 Å². The van der Waals surface area contributed by atoms with Crippen LogP contribution in [-0.4, -0.2) is 39.9 Å². The Kier molecular flexibility index (Phi) is 4.62. The standard InChI is InChI=1S/C23H23FN4O2/c1-30-19-8-4-17(5-9-19)20-21(29)28-13-11-23(22(28)26-25-20)10-12-27(15-23)14-16-2-6-18(24)7-3-16/h2-9H,10-15H2,1H3/t23-/m1/s1. The van der Waals surface area contributed by atoms with Crippen molar-refractivity contribution in [3.63, 3.8) is 0 Å². The summed E-state index contributed by atoms with van der Waals surface area (Å²) in [6.45, 7) is 3.19. The number of ether oxygens (including phenoxy) is 1. The minimum absolute atomic E-state index is 0.0842. The normalized spacial score (nSPS) is 20.6. The van der Waals surface area contributed by atoms with Crippen molar-refractivity contribution in [3.05, 3.63) is 76.1 Å². The first-order valence-corrected chi connectivity index (χ1v) is 10.2. The van der Waals surface area contributed by atoms with Gasteiger partial charge in [0.25, 0.3) is 5.56 Å². The van der Waals surface area contributed by atoms with E-state index < -0.39 is 0 Å². The number of benzene rings is 2. The third-order valence-electron chi connectivity index (χ3n) is 6.35. The number of hydrogen-bond acceptors (Lipinski definition) is 5. The van der Waals surface area contributed by atoms with E-state index in [4.69, 9.17) is 4.74 Å². The van der Waals surface area contributed by atoms with E-state index in [0.717, 1.165) is 55.2 Å². The lowest BCUT2D eigenvalue weighted by molar-refractivity contribution is 0.299. The van der Waals surface area contributed by atoms with Gasteiger partial charge in [-0.3, -0.25) is 14.3 Å². The third kappa shape index (κ3) is 3.19. The second kappa shape index (κ2) is 7.32. The fourth-order valence-electron chi connectivity index (χ4n) is 4.71. The number of halogens is 1. The van der Waals surface area contributed by atoms with Crippen LogP contribution in [0, 0.1) is 5.82 Å². The summed E-state index contributed by atoms with van der Waals surface area (Å²) >= 11 is 0. The quantitative estimate of drug-likeness (QED) is 0.667. The molecule has 1 saturated heterocycles. The van der Waals surface area contributed by atoms with Gasteiger partial charge in [0.1, 0.15) is 17.4 Å². The summed E-state index contributed by atoms with van der Waals surface area (Å²) in [5.74, 6) is 1.31. The van der Waals surface area contributed by atoms with Crippen LogP contribution in [0.1, 0.15) is 24.2 Å². The van der Waals surface area contributed by atoms with Crippen LogP contribution in [0.15, 0.2) is 53.3 Å². The molecule has 0 unspecified atom stereocenters. The monoisotopic (exact) mass is 406 g/mol. The van der Waals surface area contributed by atoms with Crippen molar-refractivity contribution < 1.29 is 9.13 Å². The molecule has 2 aliphatic rings. The maximum absolute atomic E-state index is 13.2. The lowest BCUT2D eigenvalue weighted by Gasteiger charge is -2.23. The predicted octanol–water partition coefficient (Wildman–Crippen LogP) is 3.00. The summed E-state index contributed by atoms with van der Waals surface area (Å²) in [4.78, 5) is 15.5. The molecular weight excluding hydrogens is 383 g/mol. The zero-order valence-corrected chi connectivity index (χ0v) is 16.8. The molecule has 2 aliphatic heterocycles. The number of rotatable bonds is 4. The molecule has 154 valence electrons. The van der Waals surface area contributed by atoms with E-state index >= 15 is 0 Å². The molecule has 2 aromatic carbocycles.